The molecule has 1 aliphatic heterocycles. The number of amides is 4. The molecule has 0 aliphatic carbocycles. The van der Waals surface area contributed by atoms with E-state index in [4.69, 9.17) is 10.8 Å². The molecule has 0 bridgehead atoms. The van der Waals surface area contributed by atoms with Crippen molar-refractivity contribution in [3.63, 3.8) is 0 Å². The van der Waals surface area contributed by atoms with E-state index >= 15 is 0 Å². The average Bonchev–Trinajstić information content (AvgIpc) is 3.38. The predicted molar refractivity (Wildman–Crippen MR) is 138 cm³/mol. The van der Waals surface area contributed by atoms with Gasteiger partial charge in [0.25, 0.3) is 0 Å². The number of nitrogens with one attached hydrogen (secondary N) is 2. The first-order chi connectivity index (χ1) is 17.1. The van der Waals surface area contributed by atoms with Crippen molar-refractivity contribution >= 4 is 29.6 Å². The molecule has 1 aromatic heterocycles. The molecule has 204 valence electrons. The first-order valence-electron chi connectivity index (χ1n) is 12.4. The molecule has 1 aromatic rings. The van der Waals surface area contributed by atoms with Crippen LogP contribution in [0.4, 0.5) is 0 Å². The molecular formula is C25H43N5O6. The van der Waals surface area contributed by atoms with Gasteiger partial charge in [-0.3, -0.25) is 24.2 Å². The van der Waals surface area contributed by atoms with E-state index < -0.39 is 42.3 Å². The van der Waals surface area contributed by atoms with E-state index in [1.165, 1.54) is 10.5 Å². The number of aliphatic carboxylic acids is 1. The van der Waals surface area contributed by atoms with E-state index in [1.807, 2.05) is 52.9 Å². The molecular weight excluding hydrogens is 466 g/mol. The molecule has 1 aliphatic rings. The van der Waals surface area contributed by atoms with Crippen molar-refractivity contribution in [1.82, 2.24) is 20.5 Å². The van der Waals surface area contributed by atoms with Crippen molar-refractivity contribution in [1.29, 1.82) is 0 Å². The van der Waals surface area contributed by atoms with Crippen LogP contribution in [0, 0.1) is 6.92 Å². The van der Waals surface area contributed by atoms with Gasteiger partial charge in [-0.2, -0.15) is 0 Å². The molecule has 11 heteroatoms. The summed E-state index contributed by atoms with van der Waals surface area (Å²) < 4.78 is 0. The Morgan fingerprint density at radius 3 is 2.28 bits per heavy atom. The molecule has 0 aromatic carbocycles. The lowest BCUT2D eigenvalue weighted by atomic mass is 10.1. The number of pyridine rings is 1. The minimum Gasteiger partial charge on any atom is -0.480 e. The molecule has 0 saturated carbocycles. The molecule has 2 atom stereocenters. The Balaban J connectivity index is 0. The van der Waals surface area contributed by atoms with Gasteiger partial charge in [-0.1, -0.05) is 40.7 Å². The van der Waals surface area contributed by atoms with Gasteiger partial charge in [-0.25, -0.2) is 4.79 Å². The number of carbonyl (C=O) groups is 5. The number of nitrogens with two attached hydrogens (primary N) is 1. The largest absolute Gasteiger partial charge is 0.480 e. The monoisotopic (exact) mass is 509 g/mol. The summed E-state index contributed by atoms with van der Waals surface area (Å²) in [6, 6.07) is 2.08. The van der Waals surface area contributed by atoms with Gasteiger partial charge in [0.15, 0.2) is 0 Å². The van der Waals surface area contributed by atoms with Crippen molar-refractivity contribution in [3.05, 3.63) is 30.1 Å². The number of nitrogens with zero attached hydrogens (tertiary/aromatic N) is 2. The van der Waals surface area contributed by atoms with Gasteiger partial charge in [0.1, 0.15) is 12.1 Å². The lowest BCUT2D eigenvalue weighted by molar-refractivity contribution is -0.142. The molecule has 11 nitrogen and oxygen atoms in total. The Morgan fingerprint density at radius 2 is 1.83 bits per heavy atom. The van der Waals surface area contributed by atoms with Crippen molar-refractivity contribution < 1.29 is 29.1 Å². The number of hydrogen-bond acceptors (Lipinski definition) is 6. The van der Waals surface area contributed by atoms with Gasteiger partial charge in [0, 0.05) is 31.8 Å². The number of carboxylic acid groups (broad SMARTS) is 1. The van der Waals surface area contributed by atoms with Crippen LogP contribution in [0.3, 0.4) is 0 Å². The number of likely N-dealkylation sites (tertiary alicyclic amines) is 1. The summed E-state index contributed by atoms with van der Waals surface area (Å²) >= 11 is 0. The summed E-state index contributed by atoms with van der Waals surface area (Å²) in [7, 11) is 0. The first-order valence-corrected chi connectivity index (χ1v) is 12.4. The maximum atomic E-state index is 12.2. The fourth-order valence-electron chi connectivity index (χ4n) is 3.06. The van der Waals surface area contributed by atoms with Crippen LogP contribution < -0.4 is 16.4 Å². The standard InChI is InChI=1S/C15H24N4O6.C6H7N.2C2H6/c1-2-13(22)19-7-3-4-10(19)14(23)17-8-12(21)18-9(15(24)25)5-6-11(16)20;1-6-3-2-4-7-5-6;2*1-2/h9-10H,2-8H2,1H3,(H2,16,20)(H,17,23)(H,18,21)(H,24,25);2-5H,1H3;2*1-2H3. The molecule has 4 amide bonds. The van der Waals surface area contributed by atoms with Gasteiger partial charge in [-0.05, 0) is 37.8 Å². The zero-order chi connectivity index (χ0) is 28.1. The number of primary amides is 1. The Labute approximate surface area is 214 Å². The molecule has 2 heterocycles. The molecule has 5 N–H and O–H groups in total. The van der Waals surface area contributed by atoms with Gasteiger partial charge >= 0.3 is 5.97 Å². The second-order valence-corrected chi connectivity index (χ2v) is 7.31. The van der Waals surface area contributed by atoms with E-state index in [-0.39, 0.29) is 18.7 Å². The summed E-state index contributed by atoms with van der Waals surface area (Å²) in [5, 5.41) is 13.6. The molecule has 0 radical (unpaired) electrons. The van der Waals surface area contributed by atoms with Crippen LogP contribution in [0.15, 0.2) is 24.5 Å². The smallest absolute Gasteiger partial charge is 0.326 e. The molecule has 36 heavy (non-hydrogen) atoms. The molecule has 0 spiro atoms. The van der Waals surface area contributed by atoms with Crippen LogP contribution in [0.25, 0.3) is 0 Å². The molecule has 2 rings (SSSR count). The SMILES string of the molecule is CC.CC.CCC(=O)N1CCCC1C(=O)NCC(=O)NC(CCC(N)=O)C(=O)O.Cc1cccnc1. The molecule has 1 saturated heterocycles. The second kappa shape index (κ2) is 20.8. The van der Waals surface area contributed by atoms with Crippen LogP contribution in [-0.4, -0.2) is 69.8 Å². The van der Waals surface area contributed by atoms with Crippen molar-refractivity contribution in [2.75, 3.05) is 13.1 Å². The highest BCUT2D eigenvalue weighted by atomic mass is 16.4. The topological polar surface area (TPSA) is 172 Å². The van der Waals surface area contributed by atoms with Gasteiger partial charge in [-0.15, -0.1) is 0 Å². The second-order valence-electron chi connectivity index (χ2n) is 7.31. The maximum Gasteiger partial charge on any atom is 0.326 e. The van der Waals surface area contributed by atoms with Crippen molar-refractivity contribution in [2.24, 2.45) is 5.73 Å². The Morgan fingerprint density at radius 1 is 1.19 bits per heavy atom. The van der Waals surface area contributed by atoms with Crippen LogP contribution >= 0.6 is 0 Å². The Kier molecular flexibility index (Phi) is 20.1. The zero-order valence-corrected chi connectivity index (χ0v) is 22.4. The van der Waals surface area contributed by atoms with Crippen LogP contribution in [0.1, 0.15) is 72.3 Å². The van der Waals surface area contributed by atoms with Crippen molar-refractivity contribution in [2.45, 2.75) is 85.7 Å². The van der Waals surface area contributed by atoms with E-state index in [0.717, 1.165) is 0 Å². The lowest BCUT2D eigenvalue weighted by Gasteiger charge is -2.23. The normalized spacial score (nSPS) is 14.3. The van der Waals surface area contributed by atoms with Crippen molar-refractivity contribution in [3.8, 4) is 0 Å². The van der Waals surface area contributed by atoms with Gasteiger partial charge in [0.05, 0.1) is 6.54 Å². The van der Waals surface area contributed by atoms with Crippen LogP contribution in [0.2, 0.25) is 0 Å². The van der Waals surface area contributed by atoms with E-state index in [1.54, 1.807) is 13.1 Å². The number of aryl methyl sites for hydroxylation is 1. The third-order valence-electron chi connectivity index (χ3n) is 4.72. The Bertz CT molecular complexity index is 803. The number of carbonyl (C=O) groups excluding carboxylic acids is 4. The van der Waals surface area contributed by atoms with E-state index in [2.05, 4.69) is 15.6 Å². The Hall–Kier alpha value is -3.50. The molecule has 1 fully saturated rings. The maximum absolute atomic E-state index is 12.2. The third kappa shape index (κ3) is 14.7. The minimum atomic E-state index is -1.29. The van der Waals surface area contributed by atoms with Crippen LogP contribution in [0.5, 0.6) is 0 Å². The highest BCUT2D eigenvalue weighted by molar-refractivity contribution is 5.92. The van der Waals surface area contributed by atoms with Gasteiger partial charge < -0.3 is 26.4 Å². The summed E-state index contributed by atoms with van der Waals surface area (Å²) in [6.07, 6.45) is 4.82. The highest BCUT2D eigenvalue weighted by Gasteiger charge is 2.33. The summed E-state index contributed by atoms with van der Waals surface area (Å²) in [5.74, 6) is -3.23. The fourth-order valence-corrected chi connectivity index (χ4v) is 3.06. The van der Waals surface area contributed by atoms with Gasteiger partial charge in [0.2, 0.25) is 23.6 Å². The summed E-state index contributed by atoms with van der Waals surface area (Å²) in [4.78, 5) is 62.9. The van der Waals surface area contributed by atoms with E-state index in [9.17, 15) is 24.0 Å². The highest BCUT2D eigenvalue weighted by Crippen LogP contribution is 2.18. The fraction of sp³-hybridized carbons (Fsp3) is 0.600. The minimum absolute atomic E-state index is 0.125. The number of aromatic nitrogens is 1. The zero-order valence-electron chi connectivity index (χ0n) is 22.4. The lowest BCUT2D eigenvalue weighted by Crippen LogP contribution is -2.50. The number of rotatable bonds is 9. The average molecular weight is 510 g/mol. The third-order valence-corrected chi connectivity index (χ3v) is 4.72. The number of carboxylic acids is 1. The number of hydrogen-bond donors (Lipinski definition) is 4. The summed E-state index contributed by atoms with van der Waals surface area (Å²) in [6.45, 7) is 11.8. The first kappa shape index (κ1) is 34.7. The molecule has 2 unspecified atom stereocenters. The summed E-state index contributed by atoms with van der Waals surface area (Å²) in [5.41, 5.74) is 6.17. The quantitative estimate of drug-likeness (QED) is 0.393. The van der Waals surface area contributed by atoms with E-state index in [0.29, 0.717) is 25.8 Å². The van der Waals surface area contributed by atoms with Crippen LogP contribution in [-0.2, 0) is 24.0 Å². The predicted octanol–water partition coefficient (Wildman–Crippen LogP) is 1.78.